The molecule has 1 saturated carbocycles. The van der Waals surface area contributed by atoms with E-state index in [2.05, 4.69) is 34.7 Å². The molecular weight excluding hydrogens is 232 g/mol. The van der Waals surface area contributed by atoms with Crippen LogP contribution in [0.3, 0.4) is 0 Å². The number of carbonyl (C=O) groups excluding carboxylic acids is 2. The van der Waals surface area contributed by atoms with E-state index >= 15 is 0 Å². The number of hydrogen-bond donors (Lipinski definition) is 3. The van der Waals surface area contributed by atoms with Gasteiger partial charge in [-0.05, 0) is 26.7 Å². The predicted octanol–water partition coefficient (Wildman–Crippen LogP) is -0.343. The Kier molecular flexibility index (Phi) is 4.19. The number of amides is 3. The smallest absolute Gasteiger partial charge is 0.321 e. The van der Waals surface area contributed by atoms with E-state index < -0.39 is 0 Å². The molecule has 1 aliphatic heterocycles. The lowest BCUT2D eigenvalue weighted by molar-refractivity contribution is -0.122. The molecule has 3 N–H and O–H groups in total. The summed E-state index contributed by atoms with van der Waals surface area (Å²) in [6.45, 7) is 6.17. The maximum atomic E-state index is 11.7. The van der Waals surface area contributed by atoms with Gasteiger partial charge in [0.25, 0.3) is 0 Å². The Morgan fingerprint density at radius 1 is 1.33 bits per heavy atom. The normalized spacial score (nSPS) is 28.8. The first kappa shape index (κ1) is 13.3. The zero-order valence-electron chi connectivity index (χ0n) is 11.0. The maximum absolute atomic E-state index is 11.7. The Labute approximate surface area is 107 Å². The molecule has 0 radical (unpaired) electrons. The molecule has 0 bridgehead atoms. The van der Waals surface area contributed by atoms with Gasteiger partial charge in [0, 0.05) is 31.2 Å². The zero-order valence-corrected chi connectivity index (χ0v) is 11.0. The second-order valence-electron chi connectivity index (χ2n) is 5.38. The Hall–Kier alpha value is -1.14. The highest BCUT2D eigenvalue weighted by Gasteiger charge is 2.26. The van der Waals surface area contributed by atoms with Gasteiger partial charge in [0.15, 0.2) is 0 Å². The summed E-state index contributed by atoms with van der Waals surface area (Å²) in [5.41, 5.74) is 0. The van der Waals surface area contributed by atoms with Crippen molar-refractivity contribution in [2.75, 3.05) is 19.6 Å². The van der Waals surface area contributed by atoms with Gasteiger partial charge in [-0.2, -0.15) is 0 Å². The Morgan fingerprint density at radius 2 is 2.06 bits per heavy atom. The minimum Gasteiger partial charge on any atom is -0.335 e. The van der Waals surface area contributed by atoms with Crippen molar-refractivity contribution in [1.29, 1.82) is 0 Å². The van der Waals surface area contributed by atoms with Crippen molar-refractivity contribution in [3.63, 3.8) is 0 Å². The van der Waals surface area contributed by atoms with Gasteiger partial charge in [0.05, 0.1) is 6.54 Å². The van der Waals surface area contributed by atoms with Gasteiger partial charge < -0.3 is 10.6 Å². The summed E-state index contributed by atoms with van der Waals surface area (Å²) in [4.78, 5) is 25.3. The number of nitrogens with one attached hydrogen (secondary N) is 3. The lowest BCUT2D eigenvalue weighted by Gasteiger charge is -2.36. The fourth-order valence-electron chi connectivity index (χ4n) is 2.12. The van der Waals surface area contributed by atoms with Crippen molar-refractivity contribution in [3.8, 4) is 0 Å². The minimum atomic E-state index is -0.363. The largest absolute Gasteiger partial charge is 0.335 e. The quantitative estimate of drug-likeness (QED) is 0.644. The van der Waals surface area contributed by atoms with Crippen LogP contribution in [0.1, 0.15) is 26.7 Å². The van der Waals surface area contributed by atoms with E-state index in [0.717, 1.165) is 25.9 Å². The molecule has 0 aromatic heterocycles. The van der Waals surface area contributed by atoms with Gasteiger partial charge >= 0.3 is 6.03 Å². The molecule has 2 aliphatic rings. The second-order valence-corrected chi connectivity index (χ2v) is 5.38. The fraction of sp³-hybridized carbons (Fsp3) is 0.833. The minimum absolute atomic E-state index is 0.228. The van der Waals surface area contributed by atoms with Crippen LogP contribution < -0.4 is 16.0 Å². The molecule has 1 saturated heterocycles. The average Bonchev–Trinajstić information content (AvgIpc) is 3.07. The van der Waals surface area contributed by atoms with Crippen molar-refractivity contribution in [1.82, 2.24) is 20.9 Å². The molecule has 3 amide bonds. The van der Waals surface area contributed by atoms with E-state index in [1.807, 2.05) is 0 Å². The summed E-state index contributed by atoms with van der Waals surface area (Å²) in [5.74, 6) is -0.228. The summed E-state index contributed by atoms with van der Waals surface area (Å²) in [6.07, 6.45) is 2.04. The van der Waals surface area contributed by atoms with E-state index in [4.69, 9.17) is 0 Å². The van der Waals surface area contributed by atoms with Crippen LogP contribution >= 0.6 is 0 Å². The molecule has 0 spiro atoms. The van der Waals surface area contributed by atoms with E-state index in [1.165, 1.54) is 0 Å². The third-order valence-corrected chi connectivity index (χ3v) is 3.41. The van der Waals surface area contributed by atoms with Crippen molar-refractivity contribution in [3.05, 3.63) is 0 Å². The Bertz CT molecular complexity index is 330. The summed E-state index contributed by atoms with van der Waals surface area (Å²) >= 11 is 0. The first-order valence-corrected chi connectivity index (χ1v) is 6.62. The Balaban J connectivity index is 1.73. The molecule has 2 fully saturated rings. The van der Waals surface area contributed by atoms with Crippen LogP contribution in [0, 0.1) is 0 Å². The fourth-order valence-corrected chi connectivity index (χ4v) is 2.12. The van der Waals surface area contributed by atoms with Crippen molar-refractivity contribution in [2.24, 2.45) is 0 Å². The number of nitrogens with zero attached hydrogens (tertiary/aromatic N) is 1. The highest BCUT2D eigenvalue weighted by atomic mass is 16.2. The first-order valence-electron chi connectivity index (χ1n) is 6.62. The lowest BCUT2D eigenvalue weighted by Crippen LogP contribution is -2.57. The molecule has 1 heterocycles. The predicted molar refractivity (Wildman–Crippen MR) is 68.2 cm³/mol. The topological polar surface area (TPSA) is 73.5 Å². The molecule has 2 rings (SSSR count). The van der Waals surface area contributed by atoms with Gasteiger partial charge in [0.2, 0.25) is 5.91 Å². The first-order chi connectivity index (χ1) is 8.54. The standard InChI is InChI=1S/C12H22N4O2/c1-8-6-16(9(2)5-13-8)7-11(17)15-12(18)14-10-3-4-10/h8-10,13H,3-7H2,1-2H3,(H2,14,15,17,18). The number of rotatable bonds is 3. The second kappa shape index (κ2) is 5.67. The van der Waals surface area contributed by atoms with Crippen LogP contribution in [0.25, 0.3) is 0 Å². The van der Waals surface area contributed by atoms with E-state index in [0.29, 0.717) is 12.1 Å². The number of carbonyl (C=O) groups is 2. The monoisotopic (exact) mass is 254 g/mol. The van der Waals surface area contributed by atoms with E-state index in [9.17, 15) is 9.59 Å². The third-order valence-electron chi connectivity index (χ3n) is 3.41. The van der Waals surface area contributed by atoms with E-state index in [1.54, 1.807) is 0 Å². The van der Waals surface area contributed by atoms with Crippen molar-refractivity contribution in [2.45, 2.75) is 44.8 Å². The molecule has 0 aromatic carbocycles. The molecule has 18 heavy (non-hydrogen) atoms. The van der Waals surface area contributed by atoms with Crippen LogP contribution in [0.4, 0.5) is 4.79 Å². The highest BCUT2D eigenvalue weighted by Crippen LogP contribution is 2.18. The van der Waals surface area contributed by atoms with Crippen LogP contribution in [-0.4, -0.2) is 54.6 Å². The van der Waals surface area contributed by atoms with Gasteiger partial charge in [-0.15, -0.1) is 0 Å². The average molecular weight is 254 g/mol. The molecule has 1 aliphatic carbocycles. The molecule has 2 unspecified atom stereocenters. The lowest BCUT2D eigenvalue weighted by atomic mass is 10.1. The van der Waals surface area contributed by atoms with Crippen LogP contribution in [0.2, 0.25) is 0 Å². The molecule has 6 nitrogen and oxygen atoms in total. The number of hydrogen-bond acceptors (Lipinski definition) is 4. The van der Waals surface area contributed by atoms with E-state index in [-0.39, 0.29) is 24.5 Å². The van der Waals surface area contributed by atoms with Crippen molar-refractivity contribution < 1.29 is 9.59 Å². The van der Waals surface area contributed by atoms with Gasteiger partial charge in [0.1, 0.15) is 0 Å². The molecule has 0 aromatic rings. The molecule has 102 valence electrons. The molecular formula is C12H22N4O2. The summed E-state index contributed by atoms with van der Waals surface area (Å²) in [7, 11) is 0. The SMILES string of the molecule is CC1CN(CC(=O)NC(=O)NC2CC2)C(C)CN1. The van der Waals surface area contributed by atoms with Gasteiger partial charge in [-0.25, -0.2) is 4.79 Å². The summed E-state index contributed by atoms with van der Waals surface area (Å²) in [6, 6.07) is 0.613. The highest BCUT2D eigenvalue weighted by molar-refractivity contribution is 5.95. The van der Waals surface area contributed by atoms with Crippen LogP contribution in [-0.2, 0) is 4.79 Å². The number of urea groups is 1. The zero-order chi connectivity index (χ0) is 13.1. The Morgan fingerprint density at radius 3 is 2.72 bits per heavy atom. The number of piperazine rings is 1. The van der Waals surface area contributed by atoms with Gasteiger partial charge in [-0.3, -0.25) is 15.0 Å². The van der Waals surface area contributed by atoms with Crippen LogP contribution in [0.15, 0.2) is 0 Å². The number of imide groups is 1. The summed E-state index contributed by atoms with van der Waals surface area (Å²) in [5, 5.41) is 8.48. The third kappa shape index (κ3) is 3.96. The van der Waals surface area contributed by atoms with Gasteiger partial charge in [-0.1, -0.05) is 0 Å². The van der Waals surface area contributed by atoms with Crippen molar-refractivity contribution >= 4 is 11.9 Å². The maximum Gasteiger partial charge on any atom is 0.321 e. The summed E-state index contributed by atoms with van der Waals surface area (Å²) < 4.78 is 0. The molecule has 6 heteroatoms. The molecule has 2 atom stereocenters. The van der Waals surface area contributed by atoms with Crippen LogP contribution in [0.5, 0.6) is 0 Å².